The molecule has 0 aromatic heterocycles. The second-order valence-corrected chi connectivity index (χ2v) is 15.8. The van der Waals surface area contributed by atoms with E-state index in [0.717, 1.165) is 67.0 Å². The largest absolute Gasteiger partial charge is 0.496 e. The van der Waals surface area contributed by atoms with Gasteiger partial charge >= 0.3 is 12.1 Å². The Kier molecular flexibility index (Phi) is 11.8. The van der Waals surface area contributed by atoms with Crippen molar-refractivity contribution in [2.24, 2.45) is 0 Å². The number of urea groups is 2. The van der Waals surface area contributed by atoms with Gasteiger partial charge in [0, 0.05) is 24.1 Å². The summed E-state index contributed by atoms with van der Waals surface area (Å²) >= 11 is 0. The minimum Gasteiger partial charge on any atom is -0.496 e. The maximum atomic E-state index is 15.1. The van der Waals surface area contributed by atoms with Gasteiger partial charge in [0.1, 0.15) is 11.3 Å². The van der Waals surface area contributed by atoms with E-state index in [1.165, 1.54) is 27.7 Å². The van der Waals surface area contributed by atoms with E-state index in [-0.39, 0.29) is 12.0 Å². The predicted molar refractivity (Wildman–Crippen MR) is 231 cm³/mol. The summed E-state index contributed by atoms with van der Waals surface area (Å²) in [7, 11) is 1.73. The van der Waals surface area contributed by atoms with Crippen molar-refractivity contribution < 1.29 is 23.1 Å². The van der Waals surface area contributed by atoms with Crippen LogP contribution in [0, 0.1) is 18.6 Å². The molecule has 8 rings (SSSR count). The molecule has 0 bridgehead atoms. The van der Waals surface area contributed by atoms with Crippen LogP contribution in [0.1, 0.15) is 64.2 Å². The van der Waals surface area contributed by atoms with Gasteiger partial charge in [0.2, 0.25) is 0 Å². The first kappa shape index (κ1) is 40.5. The number of halogens is 2. The number of aryl methyl sites for hydroxylation is 1. The maximum absolute atomic E-state index is 15.1. The molecule has 60 heavy (non-hydrogen) atoms. The van der Waals surface area contributed by atoms with Crippen LogP contribution >= 0.6 is 0 Å². The minimum atomic E-state index is -1.17. The van der Waals surface area contributed by atoms with Crippen molar-refractivity contribution in [1.29, 1.82) is 0 Å². The van der Waals surface area contributed by atoms with E-state index in [1.807, 2.05) is 97.1 Å². The average Bonchev–Trinajstić information content (AvgIpc) is 3.64. The number of methoxy groups -OCH3 is 1. The van der Waals surface area contributed by atoms with Crippen LogP contribution in [0.15, 0.2) is 158 Å². The second kappa shape index (κ2) is 17.5. The van der Waals surface area contributed by atoms with Crippen molar-refractivity contribution in [1.82, 2.24) is 20.0 Å². The molecule has 2 fully saturated rings. The van der Waals surface area contributed by atoms with Crippen LogP contribution in [0.4, 0.5) is 18.4 Å². The Bertz CT molecular complexity index is 2310. The number of rotatable bonds is 12. The number of piperidine rings is 1. The van der Waals surface area contributed by atoms with Crippen LogP contribution in [-0.4, -0.2) is 66.6 Å². The molecule has 1 atom stereocenters. The van der Waals surface area contributed by atoms with Crippen molar-refractivity contribution in [3.63, 3.8) is 0 Å². The lowest BCUT2D eigenvalue weighted by Gasteiger charge is -2.43. The maximum Gasteiger partial charge on any atom is 0.330 e. The van der Waals surface area contributed by atoms with Gasteiger partial charge in [0.25, 0.3) is 0 Å². The fourth-order valence-electron chi connectivity index (χ4n) is 9.49. The Balaban J connectivity index is 1.04. The summed E-state index contributed by atoms with van der Waals surface area (Å²) in [5, 5.41) is 3.03. The van der Waals surface area contributed by atoms with Crippen LogP contribution in [0.5, 0.6) is 5.75 Å². The summed E-state index contributed by atoms with van der Waals surface area (Å²) in [6, 6.07) is 47.8. The minimum absolute atomic E-state index is 0.0265. The average molecular weight is 805 g/mol. The molecule has 6 aromatic carbocycles. The first-order valence-electron chi connectivity index (χ1n) is 20.7. The zero-order valence-electron chi connectivity index (χ0n) is 34.1. The topological polar surface area (TPSA) is 65.1 Å². The molecule has 0 saturated carbocycles. The standard InChI is InChI=1S/C51H50F2N4O3/c1-37-24-27-47(60-2)43(34-37)50(39-16-7-3-8-17-39)28-32-55(33-29-50)31-15-30-54-48(58)57-46(38-25-26-44(52)45(53)35-38)36-56(49(57)59)51(40-18-9-4-10-19-40,41-20-11-5-12-21-41)42-22-13-6-14-23-42/h3-14,16-27,34-35,46H,15,28-33,36H2,1-2H3,(H,54,58). The van der Waals surface area contributed by atoms with Gasteiger partial charge in [-0.25, -0.2) is 23.3 Å². The van der Waals surface area contributed by atoms with Gasteiger partial charge in [-0.3, -0.25) is 0 Å². The molecule has 0 spiro atoms. The zero-order chi connectivity index (χ0) is 41.7. The molecule has 306 valence electrons. The first-order chi connectivity index (χ1) is 29.3. The van der Waals surface area contributed by atoms with Gasteiger partial charge in [-0.15, -0.1) is 0 Å². The highest BCUT2D eigenvalue weighted by atomic mass is 19.2. The highest BCUT2D eigenvalue weighted by Gasteiger charge is 2.53. The van der Waals surface area contributed by atoms with E-state index >= 15 is 4.79 Å². The van der Waals surface area contributed by atoms with Crippen LogP contribution < -0.4 is 10.1 Å². The molecule has 7 nitrogen and oxygen atoms in total. The molecule has 0 radical (unpaired) electrons. The summed E-state index contributed by atoms with van der Waals surface area (Å²) < 4.78 is 35.1. The lowest BCUT2D eigenvalue weighted by Crippen LogP contribution is -2.51. The van der Waals surface area contributed by atoms with Gasteiger partial charge in [0.05, 0.1) is 13.2 Å². The van der Waals surface area contributed by atoms with Crippen LogP contribution in [0.2, 0.25) is 0 Å². The molecule has 9 heteroatoms. The van der Waals surface area contributed by atoms with Gasteiger partial charge in [-0.05, 0) is 91.8 Å². The summed E-state index contributed by atoms with van der Waals surface area (Å²) in [4.78, 5) is 34.8. The number of amides is 4. The molecule has 1 N–H and O–H groups in total. The van der Waals surface area contributed by atoms with Gasteiger partial charge < -0.3 is 19.9 Å². The quantitative estimate of drug-likeness (QED) is 0.0989. The molecule has 6 aromatic rings. The van der Waals surface area contributed by atoms with Gasteiger partial charge in [-0.1, -0.05) is 145 Å². The summed E-state index contributed by atoms with van der Waals surface area (Å²) in [5.74, 6) is -1.15. The molecule has 2 aliphatic rings. The van der Waals surface area contributed by atoms with Crippen molar-refractivity contribution in [2.75, 3.05) is 39.8 Å². The molecule has 0 aliphatic carbocycles. The molecule has 4 amide bonds. The summed E-state index contributed by atoms with van der Waals surface area (Å²) in [6.07, 6.45) is 2.47. The van der Waals surface area contributed by atoms with Crippen molar-refractivity contribution in [3.05, 3.63) is 208 Å². The Morgan fingerprint density at radius 2 is 1.32 bits per heavy atom. The number of nitrogens with one attached hydrogen (secondary N) is 1. The normalized spacial score (nSPS) is 16.8. The van der Waals surface area contributed by atoms with E-state index in [0.29, 0.717) is 18.5 Å². The third kappa shape index (κ3) is 7.54. The Labute approximate surface area is 351 Å². The molecule has 2 aliphatic heterocycles. The highest BCUT2D eigenvalue weighted by Crippen LogP contribution is 2.48. The number of benzene rings is 6. The number of carbonyl (C=O) groups excluding carboxylic acids is 2. The fraction of sp³-hybridized carbons (Fsp3) is 0.255. The Hall–Kier alpha value is -6.32. The summed E-state index contributed by atoms with van der Waals surface area (Å²) in [5.41, 5.74) is 5.09. The lowest BCUT2D eigenvalue weighted by atomic mass is 9.67. The number of carbonyl (C=O) groups is 2. The van der Waals surface area contributed by atoms with E-state index in [2.05, 4.69) is 59.6 Å². The number of likely N-dealkylation sites (tertiary alicyclic amines) is 1. The molecular weight excluding hydrogens is 755 g/mol. The first-order valence-corrected chi connectivity index (χ1v) is 20.7. The third-order valence-electron chi connectivity index (χ3n) is 12.5. The number of ether oxygens (including phenoxy) is 1. The van der Waals surface area contributed by atoms with Crippen LogP contribution in [0.25, 0.3) is 0 Å². The van der Waals surface area contributed by atoms with E-state index in [4.69, 9.17) is 4.74 Å². The molecule has 1 unspecified atom stereocenters. The van der Waals surface area contributed by atoms with E-state index in [9.17, 15) is 13.6 Å². The number of hydrogen-bond donors (Lipinski definition) is 1. The van der Waals surface area contributed by atoms with Crippen molar-refractivity contribution >= 4 is 12.1 Å². The van der Waals surface area contributed by atoms with E-state index in [1.54, 1.807) is 12.0 Å². The smallest absolute Gasteiger partial charge is 0.330 e. The molecular formula is C51H50F2N4O3. The van der Waals surface area contributed by atoms with Gasteiger partial charge in [-0.2, -0.15) is 0 Å². The SMILES string of the molecule is COc1ccc(C)cc1C1(c2ccccc2)CCN(CCCNC(=O)N2C(=O)N(C(c3ccccc3)(c3ccccc3)c3ccccc3)CC2c2ccc(F)c(F)c2)CC1. The number of hydrogen-bond acceptors (Lipinski definition) is 4. The lowest BCUT2D eigenvalue weighted by molar-refractivity contribution is 0.161. The van der Waals surface area contributed by atoms with Crippen molar-refractivity contribution in [2.45, 2.75) is 43.2 Å². The van der Waals surface area contributed by atoms with Crippen molar-refractivity contribution in [3.8, 4) is 5.75 Å². The van der Waals surface area contributed by atoms with Gasteiger partial charge in [0.15, 0.2) is 11.6 Å². The predicted octanol–water partition coefficient (Wildman–Crippen LogP) is 10.2. The third-order valence-corrected chi connectivity index (χ3v) is 12.5. The monoisotopic (exact) mass is 804 g/mol. The number of nitrogens with zero attached hydrogens (tertiary/aromatic N) is 3. The van der Waals surface area contributed by atoms with Crippen LogP contribution in [0.3, 0.4) is 0 Å². The zero-order valence-corrected chi connectivity index (χ0v) is 34.1. The Morgan fingerprint density at radius 3 is 1.87 bits per heavy atom. The molecule has 2 saturated heterocycles. The highest BCUT2D eigenvalue weighted by molar-refractivity contribution is 5.97. The summed E-state index contributed by atoms with van der Waals surface area (Å²) in [6.45, 7) is 4.93. The molecule has 2 heterocycles. The van der Waals surface area contributed by atoms with Crippen LogP contribution in [-0.2, 0) is 11.0 Å². The number of imide groups is 1. The van der Waals surface area contributed by atoms with E-state index < -0.39 is 35.3 Å². The Morgan fingerprint density at radius 1 is 0.750 bits per heavy atom. The fourth-order valence-corrected chi connectivity index (χ4v) is 9.49. The second-order valence-electron chi connectivity index (χ2n) is 15.8.